The van der Waals surface area contributed by atoms with Crippen LogP contribution in [0.3, 0.4) is 0 Å². The molecule has 6 heteroatoms. The number of carbonyl (C=O) groups excluding carboxylic acids is 1. The first-order chi connectivity index (χ1) is 12.4. The van der Waals surface area contributed by atoms with Crippen LogP contribution in [-0.2, 0) is 14.3 Å². The largest absolute Gasteiger partial charge is 0.478 e. The first kappa shape index (κ1) is 19.7. The number of nitrogens with one attached hydrogen (secondary N) is 1. The summed E-state index contributed by atoms with van der Waals surface area (Å²) in [4.78, 5) is 16.9. The fourth-order valence-electron chi connectivity index (χ4n) is 2.35. The van der Waals surface area contributed by atoms with Gasteiger partial charge in [-0.2, -0.15) is 0 Å². The van der Waals surface area contributed by atoms with Gasteiger partial charge in [-0.1, -0.05) is 17.9 Å². The molecule has 1 unspecified atom stereocenters. The number of amides is 1. The molecule has 138 valence electrons. The molecule has 0 bridgehead atoms. The number of hydrogen-bond donors (Lipinski definition) is 1. The van der Waals surface area contributed by atoms with Crippen LogP contribution >= 0.6 is 0 Å². The number of hydrogen-bond acceptors (Lipinski definition) is 5. The van der Waals surface area contributed by atoms with Crippen molar-refractivity contribution in [2.24, 2.45) is 0 Å². The van der Waals surface area contributed by atoms with E-state index in [1.165, 1.54) is 7.11 Å². The van der Waals surface area contributed by atoms with Gasteiger partial charge in [-0.15, -0.1) is 0 Å². The highest BCUT2D eigenvalue weighted by Crippen LogP contribution is 2.20. The van der Waals surface area contributed by atoms with Gasteiger partial charge in [0.25, 0.3) is 5.91 Å². The highest BCUT2D eigenvalue weighted by atomic mass is 16.5. The zero-order valence-corrected chi connectivity index (χ0v) is 15.5. The summed E-state index contributed by atoms with van der Waals surface area (Å²) in [6.45, 7) is 4.07. The summed E-state index contributed by atoms with van der Waals surface area (Å²) in [6, 6.07) is 9.28. The summed E-state index contributed by atoms with van der Waals surface area (Å²) in [5.41, 5.74) is 0.153. The van der Waals surface area contributed by atoms with Crippen molar-refractivity contribution < 1.29 is 19.0 Å². The van der Waals surface area contributed by atoms with Gasteiger partial charge in [0.1, 0.15) is 12.4 Å². The Kier molecular flexibility index (Phi) is 6.96. The van der Waals surface area contributed by atoms with E-state index in [1.807, 2.05) is 38.1 Å². The summed E-state index contributed by atoms with van der Waals surface area (Å²) in [5.74, 6) is 6.10. The molecule has 0 saturated heterocycles. The fourth-order valence-corrected chi connectivity index (χ4v) is 2.35. The quantitative estimate of drug-likeness (QED) is 0.770. The van der Waals surface area contributed by atoms with Gasteiger partial charge in [-0.3, -0.25) is 9.78 Å². The van der Waals surface area contributed by atoms with Crippen LogP contribution in [0.1, 0.15) is 13.8 Å². The highest BCUT2D eigenvalue weighted by molar-refractivity contribution is 5.83. The Labute approximate surface area is 153 Å². The molecule has 6 nitrogen and oxygen atoms in total. The van der Waals surface area contributed by atoms with Gasteiger partial charge in [-0.25, -0.2) is 0 Å². The van der Waals surface area contributed by atoms with Crippen LogP contribution in [0.25, 0.3) is 10.9 Å². The second-order valence-corrected chi connectivity index (χ2v) is 6.27. The zero-order chi connectivity index (χ0) is 19.0. The average molecular weight is 356 g/mol. The van der Waals surface area contributed by atoms with Crippen molar-refractivity contribution >= 4 is 16.8 Å². The molecule has 0 aliphatic carbocycles. The van der Waals surface area contributed by atoms with Crippen molar-refractivity contribution in [3.8, 4) is 17.6 Å². The molecule has 1 aromatic heterocycles. The second-order valence-electron chi connectivity index (χ2n) is 6.27. The molecule has 1 aromatic carbocycles. The summed E-state index contributed by atoms with van der Waals surface area (Å²) in [7, 11) is 3.10. The minimum absolute atomic E-state index is 0.124. The fraction of sp³-hybridized carbons (Fsp3) is 0.400. The van der Waals surface area contributed by atoms with E-state index in [-0.39, 0.29) is 12.5 Å². The molecule has 1 atom stereocenters. The lowest BCUT2D eigenvalue weighted by atomic mass is 10.1. The van der Waals surface area contributed by atoms with E-state index in [9.17, 15) is 4.79 Å². The van der Waals surface area contributed by atoms with Gasteiger partial charge in [0.15, 0.2) is 6.10 Å². The second kappa shape index (κ2) is 9.18. The standard InChI is InChI=1S/C20H24N2O4/c1-20(2,10-6-12-24-3)22-19(23)18(14-25-4)26-16-8-9-17-15(13-16)7-5-11-21-17/h5,7-9,11,13,18H,12,14H2,1-4H3,(H,22,23). The number of pyridine rings is 1. The molecule has 26 heavy (non-hydrogen) atoms. The molecule has 1 N–H and O–H groups in total. The van der Waals surface area contributed by atoms with E-state index < -0.39 is 11.6 Å². The van der Waals surface area contributed by atoms with Crippen molar-refractivity contribution in [3.63, 3.8) is 0 Å². The van der Waals surface area contributed by atoms with Gasteiger partial charge >= 0.3 is 0 Å². The minimum Gasteiger partial charge on any atom is -0.478 e. The predicted octanol–water partition coefficient (Wildman–Crippen LogP) is 2.17. The first-order valence-electron chi connectivity index (χ1n) is 8.26. The third kappa shape index (κ3) is 5.73. The summed E-state index contributed by atoms with van der Waals surface area (Å²) in [5, 5.41) is 3.81. The van der Waals surface area contributed by atoms with Crippen LogP contribution in [-0.4, -0.2) is 50.0 Å². The van der Waals surface area contributed by atoms with E-state index in [1.54, 1.807) is 19.4 Å². The molecule has 0 fully saturated rings. The van der Waals surface area contributed by atoms with Gasteiger partial charge in [0.2, 0.25) is 0 Å². The molecule has 2 aromatic rings. The van der Waals surface area contributed by atoms with Crippen molar-refractivity contribution in [1.82, 2.24) is 10.3 Å². The number of fused-ring (bicyclic) bond motifs is 1. The van der Waals surface area contributed by atoms with Crippen LogP contribution in [0.2, 0.25) is 0 Å². The Bertz CT molecular complexity index is 808. The van der Waals surface area contributed by atoms with Crippen LogP contribution < -0.4 is 10.1 Å². The minimum atomic E-state index is -0.794. The summed E-state index contributed by atoms with van der Waals surface area (Å²) in [6.07, 6.45) is 0.939. The molecule has 0 spiro atoms. The molecular weight excluding hydrogens is 332 g/mol. The van der Waals surface area contributed by atoms with E-state index in [2.05, 4.69) is 22.1 Å². The summed E-state index contributed by atoms with van der Waals surface area (Å²) < 4.78 is 15.9. The van der Waals surface area contributed by atoms with Crippen LogP contribution in [0.4, 0.5) is 0 Å². The first-order valence-corrected chi connectivity index (χ1v) is 8.26. The topological polar surface area (TPSA) is 69.7 Å². The predicted molar refractivity (Wildman–Crippen MR) is 99.9 cm³/mol. The molecule has 0 aliphatic heterocycles. The van der Waals surface area contributed by atoms with Crippen LogP contribution in [0.15, 0.2) is 36.5 Å². The molecular formula is C20H24N2O4. The Hall–Kier alpha value is -2.62. The Morgan fingerprint density at radius 3 is 2.81 bits per heavy atom. The monoisotopic (exact) mass is 356 g/mol. The maximum absolute atomic E-state index is 12.6. The van der Waals surface area contributed by atoms with E-state index in [4.69, 9.17) is 14.2 Å². The van der Waals surface area contributed by atoms with Crippen LogP contribution in [0.5, 0.6) is 5.75 Å². The molecule has 0 saturated carbocycles. The number of aromatic nitrogens is 1. The Morgan fingerprint density at radius 2 is 2.08 bits per heavy atom. The van der Waals surface area contributed by atoms with E-state index in [0.29, 0.717) is 12.4 Å². The third-order valence-electron chi connectivity index (χ3n) is 3.52. The number of methoxy groups -OCH3 is 2. The van der Waals surface area contributed by atoms with Crippen molar-refractivity contribution in [2.45, 2.75) is 25.5 Å². The van der Waals surface area contributed by atoms with E-state index in [0.717, 1.165) is 10.9 Å². The van der Waals surface area contributed by atoms with Gasteiger partial charge in [-0.05, 0) is 38.1 Å². The molecule has 0 aliphatic rings. The maximum atomic E-state index is 12.6. The molecule has 1 amide bonds. The lowest BCUT2D eigenvalue weighted by Crippen LogP contribution is -2.50. The Morgan fingerprint density at radius 1 is 1.27 bits per heavy atom. The van der Waals surface area contributed by atoms with Crippen molar-refractivity contribution in [2.75, 3.05) is 27.4 Å². The number of rotatable bonds is 7. The van der Waals surface area contributed by atoms with Gasteiger partial charge < -0.3 is 19.5 Å². The molecule has 1 heterocycles. The Balaban J connectivity index is 2.11. The van der Waals surface area contributed by atoms with Gasteiger partial charge in [0.05, 0.1) is 17.7 Å². The normalized spacial score (nSPS) is 12.2. The van der Waals surface area contributed by atoms with Gasteiger partial charge in [0, 0.05) is 25.8 Å². The third-order valence-corrected chi connectivity index (χ3v) is 3.52. The lowest BCUT2D eigenvalue weighted by Gasteiger charge is -2.24. The number of nitrogens with zero attached hydrogens (tertiary/aromatic N) is 1. The number of benzene rings is 1. The smallest absolute Gasteiger partial charge is 0.264 e. The SMILES string of the molecule is COCC#CC(C)(C)NC(=O)C(COC)Oc1ccc2ncccc2c1. The van der Waals surface area contributed by atoms with Crippen molar-refractivity contribution in [1.29, 1.82) is 0 Å². The molecule has 2 rings (SSSR count). The average Bonchev–Trinajstić information content (AvgIpc) is 2.61. The molecule has 0 radical (unpaired) electrons. The number of carbonyl (C=O) groups is 1. The number of ether oxygens (including phenoxy) is 3. The highest BCUT2D eigenvalue weighted by Gasteiger charge is 2.26. The van der Waals surface area contributed by atoms with E-state index >= 15 is 0 Å². The summed E-state index contributed by atoms with van der Waals surface area (Å²) >= 11 is 0. The van der Waals surface area contributed by atoms with Crippen molar-refractivity contribution in [3.05, 3.63) is 36.5 Å². The lowest BCUT2D eigenvalue weighted by molar-refractivity contribution is -0.131. The maximum Gasteiger partial charge on any atom is 0.264 e. The zero-order valence-electron chi connectivity index (χ0n) is 15.5. The van der Waals surface area contributed by atoms with Crippen LogP contribution in [0, 0.1) is 11.8 Å².